The molecule has 0 unspecified atom stereocenters. The van der Waals surface area contributed by atoms with Crippen LogP contribution >= 0.6 is 11.6 Å². The molecule has 0 heterocycles. The third-order valence-electron chi connectivity index (χ3n) is 4.88. The lowest BCUT2D eigenvalue weighted by Crippen LogP contribution is -2.38. The number of nitrogens with one attached hydrogen (secondary N) is 1. The van der Waals surface area contributed by atoms with Crippen molar-refractivity contribution in [1.29, 1.82) is 0 Å². The highest BCUT2D eigenvalue weighted by atomic mass is 35.5. The maximum Gasteiger partial charge on any atom is 0.337 e. The molecular weight excluding hydrogens is 464 g/mol. The summed E-state index contributed by atoms with van der Waals surface area (Å²) in [6.07, 6.45) is 0. The monoisotopic (exact) mass is 486 g/mol. The summed E-state index contributed by atoms with van der Waals surface area (Å²) in [4.78, 5) is 24.8. The summed E-state index contributed by atoms with van der Waals surface area (Å²) in [6, 6.07) is 17.5. The number of aryl methyl sites for hydroxylation is 2. The van der Waals surface area contributed by atoms with Crippen LogP contribution in [0.2, 0.25) is 5.02 Å². The van der Waals surface area contributed by atoms with Crippen molar-refractivity contribution in [3.8, 4) is 0 Å². The number of methoxy groups -OCH3 is 1. The second-order valence-electron chi connectivity index (χ2n) is 7.39. The van der Waals surface area contributed by atoms with E-state index in [2.05, 4.69) is 10.1 Å². The number of nitrogens with zero attached hydrogens (tertiary/aromatic N) is 1. The standard InChI is InChI=1S/C24H23ClN2O5S/c1-16-4-9-19(10-5-16)27(33(30,31)20-11-6-17(2)7-12-20)15-23(28)26-22-14-18(24(29)32-3)8-13-21(22)25/h4-14H,15H2,1-3H3,(H,26,28). The Balaban J connectivity index is 1.94. The van der Waals surface area contributed by atoms with E-state index in [1.165, 1.54) is 37.4 Å². The van der Waals surface area contributed by atoms with E-state index < -0.39 is 28.4 Å². The molecule has 3 aromatic rings. The number of halogens is 1. The molecule has 172 valence electrons. The highest BCUT2D eigenvalue weighted by molar-refractivity contribution is 7.92. The van der Waals surface area contributed by atoms with Crippen molar-refractivity contribution >= 4 is 44.9 Å². The highest BCUT2D eigenvalue weighted by Gasteiger charge is 2.27. The molecule has 0 bridgehead atoms. The zero-order valence-electron chi connectivity index (χ0n) is 18.3. The SMILES string of the molecule is COC(=O)c1ccc(Cl)c(NC(=O)CN(c2ccc(C)cc2)S(=O)(=O)c2ccc(C)cc2)c1. The molecule has 0 fully saturated rings. The molecule has 0 spiro atoms. The molecule has 0 aromatic heterocycles. The lowest BCUT2D eigenvalue weighted by molar-refractivity contribution is -0.114. The number of hydrogen-bond donors (Lipinski definition) is 1. The van der Waals surface area contributed by atoms with Crippen LogP contribution in [0.5, 0.6) is 0 Å². The van der Waals surface area contributed by atoms with Gasteiger partial charge in [0.25, 0.3) is 10.0 Å². The van der Waals surface area contributed by atoms with E-state index >= 15 is 0 Å². The predicted octanol–water partition coefficient (Wildman–Crippen LogP) is 4.58. The van der Waals surface area contributed by atoms with Crippen molar-refractivity contribution in [3.63, 3.8) is 0 Å². The summed E-state index contributed by atoms with van der Waals surface area (Å²) in [7, 11) is -2.80. The number of amides is 1. The van der Waals surface area contributed by atoms with Gasteiger partial charge >= 0.3 is 5.97 Å². The van der Waals surface area contributed by atoms with Gasteiger partial charge in [-0.05, 0) is 56.3 Å². The number of benzene rings is 3. The van der Waals surface area contributed by atoms with Gasteiger partial charge < -0.3 is 10.1 Å². The van der Waals surface area contributed by atoms with Crippen molar-refractivity contribution < 1.29 is 22.7 Å². The Hall–Kier alpha value is -3.36. The lowest BCUT2D eigenvalue weighted by Gasteiger charge is -2.24. The minimum Gasteiger partial charge on any atom is -0.465 e. The average molecular weight is 487 g/mol. The van der Waals surface area contributed by atoms with Crippen molar-refractivity contribution in [2.75, 3.05) is 23.3 Å². The zero-order valence-corrected chi connectivity index (χ0v) is 19.9. The molecule has 0 radical (unpaired) electrons. The number of anilines is 2. The van der Waals surface area contributed by atoms with Gasteiger partial charge in [0.2, 0.25) is 5.91 Å². The number of sulfonamides is 1. The van der Waals surface area contributed by atoms with Crippen LogP contribution in [0.4, 0.5) is 11.4 Å². The molecule has 0 saturated heterocycles. The Kier molecular flexibility index (Phi) is 7.40. The average Bonchev–Trinajstić information content (AvgIpc) is 2.79. The summed E-state index contributed by atoms with van der Waals surface area (Å²) in [5.74, 6) is -1.22. The van der Waals surface area contributed by atoms with Crippen LogP contribution in [0.25, 0.3) is 0 Å². The maximum atomic E-state index is 13.4. The van der Waals surface area contributed by atoms with Crippen LogP contribution in [-0.2, 0) is 19.6 Å². The van der Waals surface area contributed by atoms with Crippen LogP contribution in [0.1, 0.15) is 21.5 Å². The van der Waals surface area contributed by atoms with E-state index in [9.17, 15) is 18.0 Å². The molecule has 1 amide bonds. The van der Waals surface area contributed by atoms with Crippen molar-refractivity contribution in [2.45, 2.75) is 18.7 Å². The molecule has 3 rings (SSSR count). The van der Waals surface area contributed by atoms with Crippen molar-refractivity contribution in [2.24, 2.45) is 0 Å². The summed E-state index contributed by atoms with van der Waals surface area (Å²) in [6.45, 7) is 3.23. The van der Waals surface area contributed by atoms with Crippen LogP contribution < -0.4 is 9.62 Å². The Bertz CT molecular complexity index is 1270. The zero-order chi connectivity index (χ0) is 24.2. The van der Waals surface area contributed by atoms with Crippen molar-refractivity contribution in [1.82, 2.24) is 0 Å². The van der Waals surface area contributed by atoms with E-state index in [-0.39, 0.29) is 21.2 Å². The third kappa shape index (κ3) is 5.71. The van der Waals surface area contributed by atoms with E-state index in [0.29, 0.717) is 5.69 Å². The van der Waals surface area contributed by atoms with Crippen LogP contribution in [0.15, 0.2) is 71.6 Å². The summed E-state index contributed by atoms with van der Waals surface area (Å²) < 4.78 is 32.6. The quantitative estimate of drug-likeness (QED) is 0.493. The first-order chi connectivity index (χ1) is 15.6. The largest absolute Gasteiger partial charge is 0.465 e. The van der Waals surface area contributed by atoms with E-state index in [1.54, 1.807) is 36.4 Å². The fourth-order valence-electron chi connectivity index (χ4n) is 3.05. The molecule has 0 aliphatic rings. The smallest absolute Gasteiger partial charge is 0.337 e. The number of carbonyl (C=O) groups is 2. The van der Waals surface area contributed by atoms with Gasteiger partial charge in [0.15, 0.2) is 0 Å². The fraction of sp³-hybridized carbons (Fsp3) is 0.167. The van der Waals surface area contributed by atoms with Gasteiger partial charge in [-0.25, -0.2) is 13.2 Å². The Labute approximate surface area is 198 Å². The Morgan fingerprint density at radius 1 is 0.939 bits per heavy atom. The molecule has 0 aliphatic carbocycles. The molecule has 0 aliphatic heterocycles. The van der Waals surface area contributed by atoms with Gasteiger partial charge in [-0.2, -0.15) is 0 Å². The minimum absolute atomic E-state index is 0.0622. The molecular formula is C24H23ClN2O5S. The molecule has 7 nitrogen and oxygen atoms in total. The second kappa shape index (κ2) is 10.1. The van der Waals surface area contributed by atoms with Crippen LogP contribution in [-0.4, -0.2) is 33.9 Å². The van der Waals surface area contributed by atoms with Crippen LogP contribution in [0.3, 0.4) is 0 Å². The van der Waals surface area contributed by atoms with E-state index in [0.717, 1.165) is 15.4 Å². The number of hydrogen-bond acceptors (Lipinski definition) is 5. The van der Waals surface area contributed by atoms with Crippen molar-refractivity contribution in [3.05, 3.63) is 88.4 Å². The van der Waals surface area contributed by atoms with Gasteiger partial charge in [0.1, 0.15) is 6.54 Å². The van der Waals surface area contributed by atoms with Gasteiger partial charge in [-0.15, -0.1) is 0 Å². The second-order valence-corrected chi connectivity index (χ2v) is 9.66. The summed E-state index contributed by atoms with van der Waals surface area (Å²) in [5, 5.41) is 2.78. The van der Waals surface area contributed by atoms with Crippen LogP contribution in [0, 0.1) is 13.8 Å². The number of ether oxygens (including phenoxy) is 1. The number of esters is 1. The molecule has 1 N–H and O–H groups in total. The topological polar surface area (TPSA) is 92.8 Å². The molecule has 9 heteroatoms. The number of rotatable bonds is 7. The third-order valence-corrected chi connectivity index (χ3v) is 7.00. The molecule has 33 heavy (non-hydrogen) atoms. The van der Waals surface area contributed by atoms with Gasteiger partial charge in [-0.1, -0.05) is 47.0 Å². The first kappa shape index (κ1) is 24.3. The fourth-order valence-corrected chi connectivity index (χ4v) is 4.64. The van der Waals surface area contributed by atoms with Gasteiger partial charge in [0.05, 0.1) is 34.0 Å². The molecule has 0 atom stereocenters. The van der Waals surface area contributed by atoms with Gasteiger partial charge in [-0.3, -0.25) is 9.10 Å². The highest BCUT2D eigenvalue weighted by Crippen LogP contribution is 2.26. The van der Waals surface area contributed by atoms with Gasteiger partial charge in [0, 0.05) is 0 Å². The minimum atomic E-state index is -4.04. The number of carbonyl (C=O) groups excluding carboxylic acids is 2. The lowest BCUT2D eigenvalue weighted by atomic mass is 10.2. The summed E-state index contributed by atoms with van der Waals surface area (Å²) in [5.41, 5.74) is 2.56. The predicted molar refractivity (Wildman–Crippen MR) is 128 cm³/mol. The first-order valence-corrected chi connectivity index (χ1v) is 11.8. The molecule has 3 aromatic carbocycles. The maximum absolute atomic E-state index is 13.4. The Morgan fingerprint density at radius 3 is 2.09 bits per heavy atom. The van der Waals surface area contributed by atoms with E-state index in [4.69, 9.17) is 11.6 Å². The van der Waals surface area contributed by atoms with E-state index in [1.807, 2.05) is 13.8 Å². The Morgan fingerprint density at radius 2 is 1.52 bits per heavy atom. The first-order valence-electron chi connectivity index (χ1n) is 9.95. The normalized spacial score (nSPS) is 11.0. The summed E-state index contributed by atoms with van der Waals surface area (Å²) >= 11 is 6.16. The molecule has 0 saturated carbocycles.